The lowest BCUT2D eigenvalue weighted by atomic mass is 10.2. The Morgan fingerprint density at radius 1 is 0.583 bits per heavy atom. The van der Waals surface area contributed by atoms with Gasteiger partial charge in [0.2, 0.25) is 0 Å². The molecule has 0 fully saturated rings. The number of carboxylic acids is 4. The van der Waals surface area contributed by atoms with Crippen molar-refractivity contribution in [2.45, 2.75) is 24.7 Å². The summed E-state index contributed by atoms with van der Waals surface area (Å²) in [6.07, 6.45) is -3.56. The number of rotatable bonds is 21. The Hall–Kier alpha value is -2.52. The maximum absolute atomic E-state index is 11.5. The van der Waals surface area contributed by atoms with E-state index in [4.69, 9.17) is 34.4 Å². The fraction of sp³-hybridized carbons (Fsp3) is 0.778. The molecular weight excluding hydrogens is 484 g/mol. The van der Waals surface area contributed by atoms with E-state index < -0.39 is 81.3 Å². The van der Waals surface area contributed by atoms with Crippen LogP contribution < -0.4 is 34.4 Å². The Morgan fingerprint density at radius 3 is 1.25 bits per heavy atom. The first-order valence-corrected chi connectivity index (χ1v) is 11.0. The van der Waals surface area contributed by atoms with Gasteiger partial charge in [-0.15, -0.1) is 0 Å². The average Bonchev–Trinajstić information content (AvgIpc) is 2.77. The van der Waals surface area contributed by atoms with Crippen LogP contribution in [0.1, 0.15) is 0 Å². The van der Waals surface area contributed by atoms with Crippen molar-refractivity contribution in [1.29, 1.82) is 0 Å². The highest BCUT2D eigenvalue weighted by Crippen LogP contribution is 2.13. The minimum atomic E-state index is -1.37. The minimum absolute atomic E-state index is 0.00580. The van der Waals surface area contributed by atoms with Gasteiger partial charge in [0, 0.05) is 39.3 Å². The van der Waals surface area contributed by atoms with E-state index in [1.807, 2.05) is 0 Å². The van der Waals surface area contributed by atoms with Crippen LogP contribution in [0.3, 0.4) is 0 Å². The van der Waals surface area contributed by atoms with Gasteiger partial charge in [-0.2, -0.15) is 0 Å². The molecule has 0 spiro atoms. The van der Waals surface area contributed by atoms with Gasteiger partial charge in [0.15, 0.2) is 0 Å². The molecule has 18 nitrogen and oxygen atoms in total. The zero-order valence-corrected chi connectivity index (χ0v) is 20.1. The summed E-state index contributed by atoms with van der Waals surface area (Å²) in [6.45, 7) is -3.39. The van der Waals surface area contributed by atoms with Gasteiger partial charge in [0.05, 0.1) is 50.8 Å². The number of nitrogens with zero attached hydrogens (tertiary/aromatic N) is 4. The molecule has 0 saturated carbocycles. The summed E-state index contributed by atoms with van der Waals surface area (Å²) in [5.41, 5.74) is 35.3. The third-order valence-corrected chi connectivity index (χ3v) is 5.24. The van der Waals surface area contributed by atoms with Crippen molar-refractivity contribution in [3.63, 3.8) is 0 Å². The quantitative estimate of drug-likeness (QED) is 0.0623. The number of carbonyl (C=O) groups is 4. The molecule has 0 rings (SSSR count). The maximum atomic E-state index is 11.5. The maximum Gasteiger partial charge on any atom is 0.317 e. The summed E-state index contributed by atoms with van der Waals surface area (Å²) >= 11 is 0. The number of nitrogens with two attached hydrogens (primary N) is 6. The van der Waals surface area contributed by atoms with Gasteiger partial charge in [0.1, 0.15) is 0 Å². The van der Waals surface area contributed by atoms with Crippen LogP contribution in [0.25, 0.3) is 0 Å². The van der Waals surface area contributed by atoms with E-state index in [1.54, 1.807) is 4.90 Å². The molecule has 16 N–H and O–H groups in total. The van der Waals surface area contributed by atoms with Crippen molar-refractivity contribution in [3.05, 3.63) is 0 Å². The van der Waals surface area contributed by atoms with E-state index in [0.29, 0.717) is 0 Å². The van der Waals surface area contributed by atoms with Gasteiger partial charge < -0.3 is 54.8 Å². The first-order chi connectivity index (χ1) is 16.8. The van der Waals surface area contributed by atoms with E-state index in [9.17, 15) is 39.6 Å². The Balaban J connectivity index is 6.42. The van der Waals surface area contributed by atoms with Crippen LogP contribution in [0.4, 0.5) is 0 Å². The van der Waals surface area contributed by atoms with E-state index in [0.717, 1.165) is 9.80 Å². The lowest BCUT2D eigenvalue weighted by Crippen LogP contribution is -2.65. The number of carboxylic acid groups (broad SMARTS) is 4. The zero-order chi connectivity index (χ0) is 28.0. The molecule has 0 aromatic heterocycles. The second kappa shape index (κ2) is 17.0. The predicted molar refractivity (Wildman–Crippen MR) is 127 cm³/mol. The standard InChI is InChI=1S/C18H40N10O8/c19-3-11(22)27(12(23)4-20)1-2-28(13(24)5-21)14(26(9-17(33)34)10-18(35)36)6-25(7-15(29)30)8-16(31)32/h11-14H,1-10,19-24H2,(H,29,30)(H,31,32)(H,33,34)(H,35,36). The third kappa shape index (κ3) is 12.4. The molecular formula is C18H40N10O8. The molecule has 0 amide bonds. The highest BCUT2D eigenvalue weighted by atomic mass is 16.4. The third-order valence-electron chi connectivity index (χ3n) is 5.24. The molecule has 0 aliphatic heterocycles. The van der Waals surface area contributed by atoms with Crippen LogP contribution in [0.15, 0.2) is 0 Å². The molecule has 210 valence electrons. The second-order valence-corrected chi connectivity index (χ2v) is 8.01. The lowest BCUT2D eigenvalue weighted by molar-refractivity contribution is -0.150. The molecule has 0 aliphatic rings. The van der Waals surface area contributed by atoms with Gasteiger partial charge in [-0.3, -0.25) is 38.8 Å². The van der Waals surface area contributed by atoms with Gasteiger partial charge in [-0.25, -0.2) is 0 Å². The van der Waals surface area contributed by atoms with E-state index >= 15 is 0 Å². The zero-order valence-electron chi connectivity index (χ0n) is 20.1. The van der Waals surface area contributed by atoms with E-state index in [2.05, 4.69) is 0 Å². The van der Waals surface area contributed by atoms with Gasteiger partial charge in [-0.1, -0.05) is 0 Å². The Bertz CT molecular complexity index is 675. The first-order valence-electron chi connectivity index (χ1n) is 11.0. The molecule has 18 heteroatoms. The summed E-state index contributed by atoms with van der Waals surface area (Å²) in [5.74, 6) is -5.44. The smallest absolute Gasteiger partial charge is 0.317 e. The highest BCUT2D eigenvalue weighted by molar-refractivity contribution is 5.73. The number of hydrogen-bond donors (Lipinski definition) is 10. The van der Waals surface area contributed by atoms with Crippen molar-refractivity contribution in [2.24, 2.45) is 34.4 Å². The molecule has 0 saturated heterocycles. The van der Waals surface area contributed by atoms with Crippen LogP contribution in [0, 0.1) is 0 Å². The molecule has 0 radical (unpaired) electrons. The molecule has 0 aliphatic carbocycles. The predicted octanol–water partition coefficient (Wildman–Crippen LogP) is -6.41. The Morgan fingerprint density at radius 2 is 0.917 bits per heavy atom. The van der Waals surface area contributed by atoms with Crippen LogP contribution >= 0.6 is 0 Å². The van der Waals surface area contributed by atoms with E-state index in [-0.39, 0.29) is 32.7 Å². The van der Waals surface area contributed by atoms with E-state index in [1.165, 1.54) is 4.90 Å². The summed E-state index contributed by atoms with van der Waals surface area (Å²) in [5, 5.41) is 37.3. The monoisotopic (exact) mass is 524 g/mol. The fourth-order valence-corrected chi connectivity index (χ4v) is 3.59. The molecule has 4 atom stereocenters. The summed E-state index contributed by atoms with van der Waals surface area (Å²) < 4.78 is 0. The highest BCUT2D eigenvalue weighted by Gasteiger charge is 2.34. The van der Waals surface area contributed by atoms with Crippen molar-refractivity contribution >= 4 is 23.9 Å². The normalized spacial score (nSPS) is 15.3. The van der Waals surface area contributed by atoms with Crippen molar-refractivity contribution in [2.75, 3.05) is 65.4 Å². The number of hydrogen-bond acceptors (Lipinski definition) is 14. The molecule has 0 bridgehead atoms. The minimum Gasteiger partial charge on any atom is -0.480 e. The molecule has 36 heavy (non-hydrogen) atoms. The Labute approximate surface area is 208 Å². The summed E-state index contributed by atoms with van der Waals surface area (Å²) in [7, 11) is 0. The van der Waals surface area contributed by atoms with Crippen LogP contribution in [0.2, 0.25) is 0 Å². The Kier molecular flexibility index (Phi) is 15.8. The van der Waals surface area contributed by atoms with Crippen molar-refractivity contribution < 1.29 is 39.6 Å². The molecule has 4 unspecified atom stereocenters. The average molecular weight is 525 g/mol. The van der Waals surface area contributed by atoms with Gasteiger partial charge in [0.25, 0.3) is 0 Å². The fourth-order valence-electron chi connectivity index (χ4n) is 3.59. The van der Waals surface area contributed by atoms with Crippen LogP contribution in [-0.4, -0.2) is 154 Å². The molecule has 0 aromatic carbocycles. The van der Waals surface area contributed by atoms with Crippen molar-refractivity contribution in [3.8, 4) is 0 Å². The second-order valence-electron chi connectivity index (χ2n) is 8.01. The van der Waals surface area contributed by atoms with Crippen LogP contribution in [-0.2, 0) is 19.2 Å². The summed E-state index contributed by atoms with van der Waals surface area (Å²) in [4.78, 5) is 50.8. The van der Waals surface area contributed by atoms with Crippen LogP contribution in [0.5, 0.6) is 0 Å². The SMILES string of the molecule is NCC(N)N(CCN(C(N)CN)C(CN(CC(=O)O)CC(=O)O)N(CC(=O)O)CC(=O)O)C(N)CN. The largest absolute Gasteiger partial charge is 0.480 e. The summed E-state index contributed by atoms with van der Waals surface area (Å²) in [6, 6.07) is 0. The molecule has 0 aromatic rings. The first kappa shape index (κ1) is 33.5. The van der Waals surface area contributed by atoms with Gasteiger partial charge >= 0.3 is 23.9 Å². The van der Waals surface area contributed by atoms with Crippen molar-refractivity contribution in [1.82, 2.24) is 19.6 Å². The topological polar surface area (TPSA) is 318 Å². The lowest BCUT2D eigenvalue weighted by Gasteiger charge is -2.44. The number of aliphatic carboxylic acids is 4. The molecule has 0 heterocycles. The van der Waals surface area contributed by atoms with Gasteiger partial charge in [-0.05, 0) is 0 Å².